The third kappa shape index (κ3) is 4.26. The lowest BCUT2D eigenvalue weighted by atomic mass is 10.2. The van der Waals surface area contributed by atoms with Gasteiger partial charge in [0.25, 0.3) is 0 Å². The highest BCUT2D eigenvalue weighted by atomic mass is 16.5. The Balaban J connectivity index is 2.42. The van der Waals surface area contributed by atoms with Crippen molar-refractivity contribution in [2.24, 2.45) is 0 Å². The first-order valence-corrected chi connectivity index (χ1v) is 4.34. The summed E-state index contributed by atoms with van der Waals surface area (Å²) in [5, 5.41) is 0. The summed E-state index contributed by atoms with van der Waals surface area (Å²) in [4.78, 5) is 10.4. The van der Waals surface area contributed by atoms with Gasteiger partial charge in [0.1, 0.15) is 0 Å². The molecule has 0 radical (unpaired) electrons. The Morgan fingerprint density at radius 1 is 1.21 bits per heavy atom. The number of carbonyl (C=O) groups excluding carboxylic acids is 1. The summed E-state index contributed by atoms with van der Waals surface area (Å²) in [6.45, 7) is 1.37. The van der Waals surface area contributed by atoms with E-state index in [-0.39, 0.29) is 5.97 Å². The Morgan fingerprint density at radius 2 is 1.93 bits per heavy atom. The fraction of sp³-hybridized carbons (Fsp3) is 0.0833. The molecule has 2 nitrogen and oxygen atoms in total. The van der Waals surface area contributed by atoms with Crippen LogP contribution in [0, 0.1) is 0 Å². The standard InChI is InChI=1S/C12H12O2/c1-11(13)14-10-6-5-9-12-7-3-2-4-8-12/h2-10H,1H3. The highest BCUT2D eigenvalue weighted by molar-refractivity contribution is 5.66. The number of esters is 1. The molecule has 1 aromatic carbocycles. The van der Waals surface area contributed by atoms with Gasteiger partial charge < -0.3 is 4.74 Å². The minimum absolute atomic E-state index is 0.311. The summed E-state index contributed by atoms with van der Waals surface area (Å²) in [5.41, 5.74) is 1.11. The number of allylic oxidation sites excluding steroid dienone is 2. The van der Waals surface area contributed by atoms with Crippen LogP contribution in [-0.2, 0) is 9.53 Å². The molecule has 0 aromatic heterocycles. The molecule has 0 amide bonds. The topological polar surface area (TPSA) is 26.3 Å². The van der Waals surface area contributed by atoms with Crippen LogP contribution in [0.15, 0.2) is 48.7 Å². The van der Waals surface area contributed by atoms with Crippen molar-refractivity contribution < 1.29 is 9.53 Å². The summed E-state index contributed by atoms with van der Waals surface area (Å²) in [6.07, 6.45) is 6.79. The van der Waals surface area contributed by atoms with Crippen molar-refractivity contribution in [1.82, 2.24) is 0 Å². The largest absolute Gasteiger partial charge is 0.435 e. The van der Waals surface area contributed by atoms with Gasteiger partial charge in [-0.3, -0.25) is 4.79 Å². The Hall–Kier alpha value is -1.83. The van der Waals surface area contributed by atoms with Crippen LogP contribution in [0.1, 0.15) is 12.5 Å². The average Bonchev–Trinajstić information content (AvgIpc) is 2.18. The zero-order valence-electron chi connectivity index (χ0n) is 8.01. The lowest BCUT2D eigenvalue weighted by Crippen LogP contribution is -1.88. The van der Waals surface area contributed by atoms with Gasteiger partial charge in [-0.05, 0) is 11.6 Å². The summed E-state index contributed by atoms with van der Waals surface area (Å²) < 4.78 is 4.61. The van der Waals surface area contributed by atoms with Crippen LogP contribution < -0.4 is 0 Å². The highest BCUT2D eigenvalue weighted by Gasteiger charge is 1.83. The molecule has 0 heterocycles. The van der Waals surface area contributed by atoms with Gasteiger partial charge in [-0.15, -0.1) is 0 Å². The molecule has 0 unspecified atom stereocenters. The number of rotatable bonds is 3. The first-order chi connectivity index (χ1) is 6.79. The summed E-state index contributed by atoms with van der Waals surface area (Å²) in [6, 6.07) is 9.89. The van der Waals surface area contributed by atoms with Crippen molar-refractivity contribution in [3.63, 3.8) is 0 Å². The molecule has 0 saturated carbocycles. The molecule has 1 aromatic rings. The molecule has 0 aliphatic carbocycles. The second-order valence-electron chi connectivity index (χ2n) is 2.71. The van der Waals surface area contributed by atoms with E-state index < -0.39 is 0 Å². The van der Waals surface area contributed by atoms with E-state index in [1.54, 1.807) is 6.08 Å². The summed E-state index contributed by atoms with van der Waals surface area (Å²) in [5.74, 6) is -0.311. The normalized spacial score (nSPS) is 10.9. The maximum atomic E-state index is 10.4. The SMILES string of the molecule is CC(=O)OC=CC=Cc1ccccc1. The first-order valence-electron chi connectivity index (χ1n) is 4.34. The van der Waals surface area contributed by atoms with Crippen LogP contribution in [-0.4, -0.2) is 5.97 Å². The quantitative estimate of drug-likeness (QED) is 0.414. The second-order valence-corrected chi connectivity index (χ2v) is 2.71. The van der Waals surface area contributed by atoms with E-state index in [0.717, 1.165) is 5.56 Å². The molecular formula is C12H12O2. The molecule has 0 bridgehead atoms. The van der Waals surface area contributed by atoms with Gasteiger partial charge in [-0.25, -0.2) is 0 Å². The van der Waals surface area contributed by atoms with Crippen LogP contribution in [0.25, 0.3) is 6.08 Å². The predicted octanol–water partition coefficient (Wildman–Crippen LogP) is 2.78. The molecule has 0 fully saturated rings. The van der Waals surface area contributed by atoms with Gasteiger partial charge in [-0.1, -0.05) is 42.5 Å². The van der Waals surface area contributed by atoms with Crippen molar-refractivity contribution in [3.05, 3.63) is 54.3 Å². The van der Waals surface area contributed by atoms with Gasteiger partial charge in [0, 0.05) is 6.92 Å². The van der Waals surface area contributed by atoms with Crippen LogP contribution in [0.3, 0.4) is 0 Å². The van der Waals surface area contributed by atoms with E-state index in [1.807, 2.05) is 42.5 Å². The molecule has 14 heavy (non-hydrogen) atoms. The fourth-order valence-corrected chi connectivity index (χ4v) is 0.911. The number of benzene rings is 1. The number of ether oxygens (including phenoxy) is 1. The van der Waals surface area contributed by atoms with Crippen LogP contribution in [0.4, 0.5) is 0 Å². The lowest BCUT2D eigenvalue weighted by molar-refractivity contribution is -0.135. The van der Waals surface area contributed by atoms with Crippen molar-refractivity contribution in [2.45, 2.75) is 6.92 Å². The van der Waals surface area contributed by atoms with E-state index in [0.29, 0.717) is 0 Å². The summed E-state index contributed by atoms with van der Waals surface area (Å²) >= 11 is 0. The Kier molecular flexibility index (Phi) is 4.21. The highest BCUT2D eigenvalue weighted by Crippen LogP contribution is 2.00. The zero-order chi connectivity index (χ0) is 10.2. The minimum Gasteiger partial charge on any atom is -0.435 e. The monoisotopic (exact) mass is 188 g/mol. The van der Waals surface area contributed by atoms with Crippen molar-refractivity contribution in [2.75, 3.05) is 0 Å². The minimum atomic E-state index is -0.311. The molecule has 0 aliphatic heterocycles. The van der Waals surface area contributed by atoms with Crippen LogP contribution >= 0.6 is 0 Å². The predicted molar refractivity (Wildman–Crippen MR) is 56.4 cm³/mol. The van der Waals surface area contributed by atoms with E-state index in [2.05, 4.69) is 4.74 Å². The van der Waals surface area contributed by atoms with E-state index in [1.165, 1.54) is 13.2 Å². The van der Waals surface area contributed by atoms with Crippen molar-refractivity contribution >= 4 is 12.0 Å². The van der Waals surface area contributed by atoms with Gasteiger partial charge in [-0.2, -0.15) is 0 Å². The van der Waals surface area contributed by atoms with Crippen molar-refractivity contribution in [1.29, 1.82) is 0 Å². The smallest absolute Gasteiger partial charge is 0.307 e. The molecule has 2 heteroatoms. The molecule has 0 N–H and O–H groups in total. The first kappa shape index (κ1) is 10.3. The zero-order valence-corrected chi connectivity index (χ0v) is 8.01. The molecule has 0 atom stereocenters. The Labute approximate surface area is 83.5 Å². The maximum absolute atomic E-state index is 10.4. The van der Waals surface area contributed by atoms with E-state index in [4.69, 9.17) is 0 Å². The molecule has 0 saturated heterocycles. The van der Waals surface area contributed by atoms with Gasteiger partial charge in [0.2, 0.25) is 0 Å². The van der Waals surface area contributed by atoms with Crippen molar-refractivity contribution in [3.8, 4) is 0 Å². The van der Waals surface area contributed by atoms with Gasteiger partial charge >= 0.3 is 5.97 Å². The van der Waals surface area contributed by atoms with Crippen LogP contribution in [0.5, 0.6) is 0 Å². The maximum Gasteiger partial charge on any atom is 0.307 e. The van der Waals surface area contributed by atoms with Crippen LogP contribution in [0.2, 0.25) is 0 Å². The Bertz CT molecular complexity index is 337. The summed E-state index contributed by atoms with van der Waals surface area (Å²) in [7, 11) is 0. The third-order valence-electron chi connectivity index (χ3n) is 1.51. The molecule has 72 valence electrons. The average molecular weight is 188 g/mol. The Morgan fingerprint density at radius 3 is 2.57 bits per heavy atom. The third-order valence-corrected chi connectivity index (χ3v) is 1.51. The van der Waals surface area contributed by atoms with E-state index >= 15 is 0 Å². The molecular weight excluding hydrogens is 176 g/mol. The second kappa shape index (κ2) is 5.75. The number of carbonyl (C=O) groups is 1. The number of hydrogen-bond donors (Lipinski definition) is 0. The van der Waals surface area contributed by atoms with Gasteiger partial charge in [0.15, 0.2) is 0 Å². The molecule has 0 aliphatic rings. The van der Waals surface area contributed by atoms with E-state index in [9.17, 15) is 4.79 Å². The molecule has 1 rings (SSSR count). The van der Waals surface area contributed by atoms with Gasteiger partial charge in [0.05, 0.1) is 6.26 Å². The fourth-order valence-electron chi connectivity index (χ4n) is 0.911. The molecule has 0 spiro atoms. The lowest BCUT2D eigenvalue weighted by Gasteiger charge is -1.89. The number of hydrogen-bond acceptors (Lipinski definition) is 2.